The van der Waals surface area contributed by atoms with Gasteiger partial charge in [-0.25, -0.2) is 0 Å². The molecule has 5 rings (SSSR count). The van der Waals surface area contributed by atoms with Crippen LogP contribution < -0.4 is 4.90 Å². The number of aromatic nitrogens is 1. The van der Waals surface area contributed by atoms with Crippen molar-refractivity contribution < 1.29 is 0 Å². The highest BCUT2D eigenvalue weighted by Gasteiger charge is 2.17. The van der Waals surface area contributed by atoms with Gasteiger partial charge in [-0.15, -0.1) is 0 Å². The molecule has 30 heavy (non-hydrogen) atoms. The fraction of sp³-hybridized carbons (Fsp3) is 0.0714. The number of anilines is 1. The highest BCUT2D eigenvalue weighted by atomic mass is 15.1. The Balaban J connectivity index is 1.63. The van der Waals surface area contributed by atoms with Gasteiger partial charge in [-0.2, -0.15) is 0 Å². The molecule has 0 saturated heterocycles. The Morgan fingerprint density at radius 3 is 1.70 bits per heavy atom. The van der Waals surface area contributed by atoms with Gasteiger partial charge in [-0.3, -0.25) is 0 Å². The molecule has 0 unspecified atom stereocenters. The smallest absolute Gasteiger partial charge is 0.0691 e. The summed E-state index contributed by atoms with van der Waals surface area (Å²) < 4.78 is 2.30. The van der Waals surface area contributed by atoms with E-state index in [2.05, 4.69) is 131 Å². The van der Waals surface area contributed by atoms with Crippen molar-refractivity contribution in [1.82, 2.24) is 4.40 Å². The van der Waals surface area contributed by atoms with Crippen LogP contribution in [0.15, 0.2) is 121 Å². The van der Waals surface area contributed by atoms with Gasteiger partial charge in [0.25, 0.3) is 0 Å². The van der Waals surface area contributed by atoms with Gasteiger partial charge in [0, 0.05) is 19.3 Å². The predicted octanol–water partition coefficient (Wildman–Crippen LogP) is 6.81. The van der Waals surface area contributed by atoms with Crippen molar-refractivity contribution in [3.63, 3.8) is 0 Å². The number of hydrogen-bond acceptors (Lipinski definition) is 1. The Hall–Kier alpha value is -3.78. The molecule has 2 aromatic heterocycles. The topological polar surface area (TPSA) is 7.65 Å². The van der Waals surface area contributed by atoms with E-state index in [0.717, 1.165) is 13.1 Å². The third kappa shape index (κ3) is 3.72. The van der Waals surface area contributed by atoms with Crippen molar-refractivity contribution in [3.8, 4) is 11.3 Å². The highest BCUT2D eigenvalue weighted by Crippen LogP contribution is 2.33. The monoisotopic (exact) mass is 388 g/mol. The van der Waals surface area contributed by atoms with Crippen molar-refractivity contribution in [2.24, 2.45) is 0 Å². The van der Waals surface area contributed by atoms with Crippen molar-refractivity contribution >= 4 is 11.2 Å². The largest absolute Gasteiger partial charge is 0.361 e. The standard InChI is InChI=1S/C28H24N2/c1-4-12-23(13-5-1)21-29(22-24-14-6-2-7-15-24)28-20-27(25-16-8-3-9-17-25)30-19-11-10-18-26(28)30/h1-20H,21-22H2. The van der Waals surface area contributed by atoms with Gasteiger partial charge >= 0.3 is 0 Å². The van der Waals surface area contributed by atoms with E-state index in [-0.39, 0.29) is 0 Å². The van der Waals surface area contributed by atoms with Gasteiger partial charge < -0.3 is 9.30 Å². The summed E-state index contributed by atoms with van der Waals surface area (Å²) in [4.78, 5) is 2.48. The first-order valence-electron chi connectivity index (χ1n) is 10.4. The molecule has 0 aliphatic rings. The van der Waals surface area contributed by atoms with E-state index < -0.39 is 0 Å². The van der Waals surface area contributed by atoms with Crippen LogP contribution in [0.25, 0.3) is 16.8 Å². The Labute approximate surface area is 177 Å². The first kappa shape index (κ1) is 18.3. The summed E-state index contributed by atoms with van der Waals surface area (Å²) in [5.74, 6) is 0. The van der Waals surface area contributed by atoms with Crippen molar-refractivity contribution in [3.05, 3.63) is 133 Å². The minimum atomic E-state index is 0.860. The summed E-state index contributed by atoms with van der Waals surface area (Å²) in [6, 6.07) is 40.8. The van der Waals surface area contributed by atoms with Crippen molar-refractivity contribution in [2.75, 3.05) is 4.90 Å². The molecule has 0 aliphatic heterocycles. The lowest BCUT2D eigenvalue weighted by molar-refractivity contribution is 0.804. The van der Waals surface area contributed by atoms with Gasteiger partial charge in [0.05, 0.1) is 16.9 Å². The number of rotatable bonds is 6. The third-order valence-corrected chi connectivity index (χ3v) is 5.50. The zero-order valence-electron chi connectivity index (χ0n) is 16.9. The van der Waals surface area contributed by atoms with E-state index in [1.54, 1.807) is 0 Å². The maximum atomic E-state index is 2.48. The summed E-state index contributed by atoms with van der Waals surface area (Å²) in [5, 5.41) is 0. The molecule has 0 atom stereocenters. The molecular formula is C28H24N2. The van der Waals surface area contributed by atoms with Gasteiger partial charge in [0.2, 0.25) is 0 Å². The molecule has 0 N–H and O–H groups in total. The summed E-state index contributed by atoms with van der Waals surface area (Å²) in [5.41, 5.74) is 7.54. The molecule has 3 aromatic carbocycles. The molecule has 2 nitrogen and oxygen atoms in total. The van der Waals surface area contributed by atoms with Gasteiger partial charge in [-0.05, 0) is 34.9 Å². The van der Waals surface area contributed by atoms with Gasteiger partial charge in [0.1, 0.15) is 0 Å². The predicted molar refractivity (Wildman–Crippen MR) is 126 cm³/mol. The Kier molecular flexibility index (Phi) is 5.05. The molecule has 5 aromatic rings. The summed E-state index contributed by atoms with van der Waals surface area (Å²) in [7, 11) is 0. The number of benzene rings is 3. The zero-order chi connectivity index (χ0) is 20.2. The Morgan fingerprint density at radius 1 is 0.567 bits per heavy atom. The van der Waals surface area contributed by atoms with Gasteiger partial charge in [-0.1, -0.05) is 97.1 Å². The lowest BCUT2D eigenvalue weighted by atomic mass is 10.1. The first-order valence-corrected chi connectivity index (χ1v) is 10.4. The van der Waals surface area contributed by atoms with Crippen LogP contribution in [0.5, 0.6) is 0 Å². The van der Waals surface area contributed by atoms with E-state index in [1.807, 2.05) is 0 Å². The fourth-order valence-electron chi connectivity index (χ4n) is 4.05. The van der Waals surface area contributed by atoms with Gasteiger partial charge in [0.15, 0.2) is 0 Å². The maximum Gasteiger partial charge on any atom is 0.0691 e. The lowest BCUT2D eigenvalue weighted by Crippen LogP contribution is -2.21. The van der Waals surface area contributed by atoms with E-state index in [0.29, 0.717) is 0 Å². The molecular weight excluding hydrogens is 364 g/mol. The third-order valence-electron chi connectivity index (χ3n) is 5.50. The molecule has 146 valence electrons. The van der Waals surface area contributed by atoms with Crippen LogP contribution in [-0.4, -0.2) is 4.40 Å². The van der Waals surface area contributed by atoms with Crippen LogP contribution in [0.2, 0.25) is 0 Å². The Morgan fingerprint density at radius 2 is 1.10 bits per heavy atom. The van der Waals surface area contributed by atoms with Crippen LogP contribution >= 0.6 is 0 Å². The summed E-state index contributed by atoms with van der Waals surface area (Å²) in [6.07, 6.45) is 2.16. The molecule has 0 bridgehead atoms. The number of hydrogen-bond donors (Lipinski definition) is 0. The molecule has 0 radical (unpaired) electrons. The number of pyridine rings is 1. The van der Waals surface area contributed by atoms with Crippen LogP contribution in [0, 0.1) is 0 Å². The minimum absolute atomic E-state index is 0.860. The maximum absolute atomic E-state index is 2.48. The normalized spacial score (nSPS) is 10.9. The van der Waals surface area contributed by atoms with Crippen LogP contribution in [-0.2, 0) is 13.1 Å². The fourth-order valence-corrected chi connectivity index (χ4v) is 4.05. The average Bonchev–Trinajstić information content (AvgIpc) is 3.20. The molecule has 0 amide bonds. The molecule has 0 fully saturated rings. The van der Waals surface area contributed by atoms with Crippen LogP contribution in [0.4, 0.5) is 5.69 Å². The molecule has 2 heterocycles. The quantitative estimate of drug-likeness (QED) is 0.310. The van der Waals surface area contributed by atoms with E-state index in [9.17, 15) is 0 Å². The number of fused-ring (bicyclic) bond motifs is 1. The second kappa shape index (κ2) is 8.30. The van der Waals surface area contributed by atoms with E-state index in [1.165, 1.54) is 33.6 Å². The molecule has 0 spiro atoms. The molecule has 0 saturated carbocycles. The summed E-state index contributed by atoms with van der Waals surface area (Å²) in [6.45, 7) is 1.72. The first-order chi connectivity index (χ1) is 14.9. The molecule has 0 aliphatic carbocycles. The summed E-state index contributed by atoms with van der Waals surface area (Å²) >= 11 is 0. The number of nitrogens with zero attached hydrogens (tertiary/aromatic N) is 2. The minimum Gasteiger partial charge on any atom is -0.361 e. The van der Waals surface area contributed by atoms with E-state index >= 15 is 0 Å². The van der Waals surface area contributed by atoms with Crippen LogP contribution in [0.1, 0.15) is 11.1 Å². The second-order valence-electron chi connectivity index (χ2n) is 7.56. The lowest BCUT2D eigenvalue weighted by Gasteiger charge is -2.24. The zero-order valence-corrected chi connectivity index (χ0v) is 16.9. The SMILES string of the molecule is c1ccc(CN(Cc2ccccc2)c2cc(-c3ccccc3)n3ccccc23)cc1. The Bertz CT molecular complexity index is 1180. The molecule has 2 heteroatoms. The average molecular weight is 389 g/mol. The van der Waals surface area contributed by atoms with Crippen molar-refractivity contribution in [2.45, 2.75) is 13.1 Å². The van der Waals surface area contributed by atoms with Crippen molar-refractivity contribution in [1.29, 1.82) is 0 Å². The second-order valence-corrected chi connectivity index (χ2v) is 7.56. The highest BCUT2D eigenvalue weighted by molar-refractivity contribution is 5.82. The van der Waals surface area contributed by atoms with E-state index in [4.69, 9.17) is 0 Å². The van der Waals surface area contributed by atoms with Crippen LogP contribution in [0.3, 0.4) is 0 Å².